The molecule has 168 valence electrons. The SMILES string of the molecule is CC(C)n1cc(S(=O)NC(=O)Nc2c(-c3ccnc(C#N)c3)ccc3c2CCC3)ccc1=O. The van der Waals surface area contributed by atoms with E-state index < -0.39 is 17.0 Å². The van der Waals surface area contributed by atoms with E-state index in [1.54, 1.807) is 18.3 Å². The number of nitrogens with one attached hydrogen (secondary N) is 2. The maximum absolute atomic E-state index is 12.8. The Morgan fingerprint density at radius 2 is 2.03 bits per heavy atom. The first-order valence-corrected chi connectivity index (χ1v) is 11.7. The number of aryl methyl sites for hydroxylation is 1. The van der Waals surface area contributed by atoms with Crippen molar-refractivity contribution in [2.24, 2.45) is 0 Å². The molecule has 1 atom stereocenters. The zero-order valence-corrected chi connectivity index (χ0v) is 19.1. The number of hydrogen-bond acceptors (Lipinski definition) is 5. The maximum Gasteiger partial charge on any atom is 0.331 e. The summed E-state index contributed by atoms with van der Waals surface area (Å²) in [5.74, 6) is 0. The van der Waals surface area contributed by atoms with Crippen LogP contribution in [0.4, 0.5) is 10.5 Å². The number of amides is 2. The van der Waals surface area contributed by atoms with Crippen LogP contribution >= 0.6 is 0 Å². The first kappa shape index (κ1) is 22.4. The molecule has 2 heterocycles. The summed E-state index contributed by atoms with van der Waals surface area (Å²) >= 11 is 0. The van der Waals surface area contributed by atoms with Gasteiger partial charge in [-0.05, 0) is 68.0 Å². The highest BCUT2D eigenvalue weighted by atomic mass is 32.2. The molecule has 0 spiro atoms. The fourth-order valence-corrected chi connectivity index (χ4v) is 4.73. The van der Waals surface area contributed by atoms with Gasteiger partial charge in [0.05, 0.1) is 10.6 Å². The second-order valence-electron chi connectivity index (χ2n) is 8.05. The van der Waals surface area contributed by atoms with E-state index in [1.807, 2.05) is 32.0 Å². The first-order chi connectivity index (χ1) is 15.9. The minimum atomic E-state index is -1.85. The Morgan fingerprint density at radius 1 is 1.21 bits per heavy atom. The van der Waals surface area contributed by atoms with Crippen molar-refractivity contribution in [3.63, 3.8) is 0 Å². The molecule has 4 rings (SSSR count). The largest absolute Gasteiger partial charge is 0.331 e. The summed E-state index contributed by atoms with van der Waals surface area (Å²) < 4.78 is 16.7. The van der Waals surface area contributed by atoms with Crippen molar-refractivity contribution < 1.29 is 9.00 Å². The van der Waals surface area contributed by atoms with Gasteiger partial charge in [0.15, 0.2) is 11.0 Å². The van der Waals surface area contributed by atoms with Crippen LogP contribution in [-0.2, 0) is 23.8 Å². The predicted octanol–water partition coefficient (Wildman–Crippen LogP) is 3.70. The number of carbonyl (C=O) groups excluding carboxylic acids is 1. The molecule has 33 heavy (non-hydrogen) atoms. The van der Waals surface area contributed by atoms with Crippen LogP contribution in [0.15, 0.2) is 58.5 Å². The Hall–Kier alpha value is -3.77. The van der Waals surface area contributed by atoms with E-state index in [1.165, 1.54) is 22.9 Å². The molecule has 0 radical (unpaired) electrons. The molecule has 1 unspecified atom stereocenters. The van der Waals surface area contributed by atoms with Crippen LogP contribution in [0.3, 0.4) is 0 Å². The summed E-state index contributed by atoms with van der Waals surface area (Å²) in [6.45, 7) is 3.70. The van der Waals surface area contributed by atoms with Crippen LogP contribution < -0.4 is 15.6 Å². The first-order valence-electron chi connectivity index (χ1n) is 10.6. The molecule has 2 aromatic heterocycles. The Bertz CT molecular complexity index is 1360. The second-order valence-corrected chi connectivity index (χ2v) is 9.26. The fraction of sp³-hybridized carbons (Fsp3) is 0.250. The molecular formula is C24H23N5O3S. The molecule has 8 nitrogen and oxygen atoms in total. The zero-order valence-electron chi connectivity index (χ0n) is 18.3. The molecule has 9 heteroatoms. The highest BCUT2D eigenvalue weighted by Crippen LogP contribution is 2.37. The summed E-state index contributed by atoms with van der Waals surface area (Å²) in [4.78, 5) is 29.1. The van der Waals surface area contributed by atoms with Crippen molar-refractivity contribution in [1.29, 1.82) is 5.26 Å². The van der Waals surface area contributed by atoms with Crippen molar-refractivity contribution in [3.05, 3.63) is 76.0 Å². The Morgan fingerprint density at radius 3 is 2.79 bits per heavy atom. The number of benzene rings is 1. The number of nitriles is 1. The molecular weight excluding hydrogens is 438 g/mol. The van der Waals surface area contributed by atoms with Gasteiger partial charge >= 0.3 is 6.03 Å². The smallest absolute Gasteiger partial charge is 0.312 e. The summed E-state index contributed by atoms with van der Waals surface area (Å²) in [6, 6.07) is 11.5. The van der Waals surface area contributed by atoms with E-state index in [2.05, 4.69) is 15.0 Å². The standard InChI is InChI=1S/C24H23N5O3S/c1-15(2)29-14-19(7-9-22(29)30)33(32)28-24(31)27-23-20-5-3-4-16(20)6-8-21(23)17-10-11-26-18(12-17)13-25/h6-12,14-15H,3-5H2,1-2H3,(H2,27,28,31). The van der Waals surface area contributed by atoms with Gasteiger partial charge in [-0.2, -0.15) is 5.26 Å². The van der Waals surface area contributed by atoms with E-state index in [9.17, 15) is 19.1 Å². The van der Waals surface area contributed by atoms with E-state index in [4.69, 9.17) is 0 Å². The Balaban J connectivity index is 1.62. The van der Waals surface area contributed by atoms with E-state index in [-0.39, 0.29) is 17.3 Å². The normalized spacial score (nSPS) is 13.3. The number of pyridine rings is 2. The zero-order chi connectivity index (χ0) is 23.5. The summed E-state index contributed by atoms with van der Waals surface area (Å²) in [6.07, 6.45) is 5.78. The monoisotopic (exact) mass is 461 g/mol. The molecule has 3 aromatic rings. The number of anilines is 1. The van der Waals surface area contributed by atoms with Gasteiger partial charge in [0, 0.05) is 30.1 Å². The third kappa shape index (κ3) is 4.71. The number of carbonyl (C=O) groups is 1. The molecule has 0 saturated carbocycles. The number of aromatic nitrogens is 2. The van der Waals surface area contributed by atoms with Crippen molar-refractivity contribution >= 4 is 22.7 Å². The number of hydrogen-bond donors (Lipinski definition) is 2. The average molecular weight is 462 g/mol. The molecule has 0 saturated heterocycles. The molecule has 2 amide bonds. The number of rotatable bonds is 5. The van der Waals surface area contributed by atoms with Gasteiger partial charge < -0.3 is 9.88 Å². The predicted molar refractivity (Wildman–Crippen MR) is 126 cm³/mol. The highest BCUT2D eigenvalue weighted by molar-refractivity contribution is 7.83. The lowest BCUT2D eigenvalue weighted by molar-refractivity contribution is 0.257. The minimum absolute atomic E-state index is 0.101. The van der Waals surface area contributed by atoms with Crippen LogP contribution in [0.2, 0.25) is 0 Å². The Labute approximate surface area is 193 Å². The van der Waals surface area contributed by atoms with Gasteiger partial charge in [0.1, 0.15) is 11.8 Å². The summed E-state index contributed by atoms with van der Waals surface area (Å²) in [5, 5.41) is 12.1. The third-order valence-electron chi connectivity index (χ3n) is 5.57. The topological polar surface area (TPSA) is 117 Å². The molecule has 2 N–H and O–H groups in total. The molecule has 0 aliphatic heterocycles. The molecule has 1 aromatic carbocycles. The lowest BCUT2D eigenvalue weighted by atomic mass is 9.97. The van der Waals surface area contributed by atoms with Crippen molar-refractivity contribution in [2.75, 3.05) is 5.32 Å². The maximum atomic E-state index is 12.8. The van der Waals surface area contributed by atoms with Crippen LogP contribution in [-0.4, -0.2) is 19.8 Å². The molecule has 1 aliphatic rings. The molecule has 0 fully saturated rings. The van der Waals surface area contributed by atoms with E-state index >= 15 is 0 Å². The van der Waals surface area contributed by atoms with Gasteiger partial charge in [-0.15, -0.1) is 0 Å². The fourth-order valence-electron chi connectivity index (χ4n) is 3.99. The molecule has 0 bridgehead atoms. The molecule has 1 aliphatic carbocycles. The number of urea groups is 1. The van der Waals surface area contributed by atoms with E-state index in [0.29, 0.717) is 10.6 Å². The van der Waals surface area contributed by atoms with Crippen LogP contribution in [0.1, 0.15) is 43.1 Å². The van der Waals surface area contributed by atoms with E-state index in [0.717, 1.165) is 41.5 Å². The average Bonchev–Trinajstić information content (AvgIpc) is 3.28. The lowest BCUT2D eigenvalue weighted by Gasteiger charge is -2.17. The van der Waals surface area contributed by atoms with Crippen LogP contribution in [0.5, 0.6) is 0 Å². The van der Waals surface area contributed by atoms with Gasteiger partial charge in [-0.3, -0.25) is 9.52 Å². The van der Waals surface area contributed by atoms with Crippen molar-refractivity contribution in [3.8, 4) is 17.2 Å². The quantitative estimate of drug-likeness (QED) is 0.601. The Kier molecular flexibility index (Phi) is 6.38. The van der Waals surface area contributed by atoms with Gasteiger partial charge in [-0.1, -0.05) is 12.1 Å². The summed E-state index contributed by atoms with van der Waals surface area (Å²) in [5.41, 5.74) is 4.45. The second kappa shape index (κ2) is 9.38. The summed E-state index contributed by atoms with van der Waals surface area (Å²) in [7, 11) is -1.85. The van der Waals surface area contributed by atoms with Gasteiger partial charge in [0.2, 0.25) is 0 Å². The third-order valence-corrected chi connectivity index (χ3v) is 6.61. The van der Waals surface area contributed by atoms with Crippen molar-refractivity contribution in [1.82, 2.24) is 14.3 Å². The highest BCUT2D eigenvalue weighted by Gasteiger charge is 2.21. The minimum Gasteiger partial charge on any atom is -0.312 e. The van der Waals surface area contributed by atoms with Gasteiger partial charge in [0.25, 0.3) is 5.56 Å². The van der Waals surface area contributed by atoms with Gasteiger partial charge in [-0.25, -0.2) is 14.0 Å². The van der Waals surface area contributed by atoms with Crippen LogP contribution in [0, 0.1) is 11.3 Å². The number of nitrogens with zero attached hydrogens (tertiary/aromatic N) is 3. The number of fused-ring (bicyclic) bond motifs is 1. The lowest BCUT2D eigenvalue weighted by Crippen LogP contribution is -2.32. The van der Waals surface area contributed by atoms with Crippen LogP contribution in [0.25, 0.3) is 11.1 Å². The van der Waals surface area contributed by atoms with Crippen molar-refractivity contribution in [2.45, 2.75) is 44.0 Å².